The molecule has 0 heterocycles. The Bertz CT molecular complexity index is 412. The van der Waals surface area contributed by atoms with Gasteiger partial charge in [0.25, 0.3) is 5.69 Å². The monoisotopic (exact) mass is 232 g/mol. The lowest BCUT2D eigenvalue weighted by atomic mass is 9.94. The summed E-state index contributed by atoms with van der Waals surface area (Å²) in [6, 6.07) is 6.58. The fraction of sp³-hybridized carbons (Fsp3) is 0.385. The number of nitrogens with zero attached hydrogens (tertiary/aromatic N) is 1. The van der Waals surface area contributed by atoms with Crippen LogP contribution in [0.25, 0.3) is 0 Å². The highest BCUT2D eigenvalue weighted by molar-refractivity contribution is 5.48. The van der Waals surface area contributed by atoms with Gasteiger partial charge in [-0.2, -0.15) is 0 Å². The van der Waals surface area contributed by atoms with Crippen LogP contribution in [0.15, 0.2) is 36.4 Å². The van der Waals surface area contributed by atoms with E-state index in [-0.39, 0.29) is 10.6 Å². The van der Waals surface area contributed by atoms with Crippen LogP contribution < -0.4 is 5.32 Å². The summed E-state index contributed by atoms with van der Waals surface area (Å²) in [5.74, 6) is 0.676. The van der Waals surface area contributed by atoms with Crippen LogP contribution in [0.3, 0.4) is 0 Å². The van der Waals surface area contributed by atoms with Crippen molar-refractivity contribution in [1.82, 2.24) is 0 Å². The standard InChI is InChI=1S/C13H16N2O2/c16-15(17)13-8-6-12(7-9-13)14-10-11-4-2-1-3-5-11/h1-2,6-9,11,14H,3-5,10H2. The molecule has 0 fully saturated rings. The number of hydrogen-bond donors (Lipinski definition) is 1. The van der Waals surface area contributed by atoms with Crippen molar-refractivity contribution in [2.24, 2.45) is 5.92 Å². The van der Waals surface area contributed by atoms with E-state index in [0.29, 0.717) is 5.92 Å². The van der Waals surface area contributed by atoms with Gasteiger partial charge in [0.2, 0.25) is 0 Å². The average molecular weight is 232 g/mol. The summed E-state index contributed by atoms with van der Waals surface area (Å²) in [6.07, 6.45) is 7.96. The van der Waals surface area contributed by atoms with E-state index in [0.717, 1.165) is 25.1 Å². The number of anilines is 1. The first-order chi connectivity index (χ1) is 8.25. The number of nitro groups is 1. The van der Waals surface area contributed by atoms with E-state index in [9.17, 15) is 10.1 Å². The number of nitrogens with one attached hydrogen (secondary N) is 1. The van der Waals surface area contributed by atoms with Crippen LogP contribution in [0.4, 0.5) is 11.4 Å². The van der Waals surface area contributed by atoms with Gasteiger partial charge in [0.15, 0.2) is 0 Å². The van der Waals surface area contributed by atoms with E-state index in [1.165, 1.54) is 18.6 Å². The Morgan fingerprint density at radius 1 is 1.29 bits per heavy atom. The molecule has 4 heteroatoms. The lowest BCUT2D eigenvalue weighted by Crippen LogP contribution is -2.15. The Morgan fingerprint density at radius 3 is 2.65 bits per heavy atom. The maximum absolute atomic E-state index is 10.5. The quantitative estimate of drug-likeness (QED) is 0.492. The van der Waals surface area contributed by atoms with Crippen molar-refractivity contribution in [2.75, 3.05) is 11.9 Å². The molecule has 0 saturated heterocycles. The van der Waals surface area contributed by atoms with Crippen LogP contribution in [-0.4, -0.2) is 11.5 Å². The largest absolute Gasteiger partial charge is 0.385 e. The summed E-state index contributed by atoms with van der Waals surface area (Å²) in [5.41, 5.74) is 1.08. The predicted octanol–water partition coefficient (Wildman–Crippen LogP) is 3.36. The van der Waals surface area contributed by atoms with Crippen LogP contribution >= 0.6 is 0 Å². The van der Waals surface area contributed by atoms with E-state index >= 15 is 0 Å². The maximum Gasteiger partial charge on any atom is 0.269 e. The molecule has 0 aromatic heterocycles. The van der Waals surface area contributed by atoms with Gasteiger partial charge in [0.1, 0.15) is 0 Å². The summed E-state index contributed by atoms with van der Waals surface area (Å²) in [7, 11) is 0. The molecule has 2 rings (SSSR count). The first-order valence-corrected chi connectivity index (χ1v) is 5.89. The van der Waals surface area contributed by atoms with Gasteiger partial charge in [-0.1, -0.05) is 12.2 Å². The molecular weight excluding hydrogens is 216 g/mol. The Labute approximate surface area is 100 Å². The van der Waals surface area contributed by atoms with E-state index in [4.69, 9.17) is 0 Å². The molecule has 0 bridgehead atoms. The zero-order valence-electron chi connectivity index (χ0n) is 9.63. The number of nitro benzene ring substituents is 1. The molecule has 17 heavy (non-hydrogen) atoms. The molecule has 1 atom stereocenters. The minimum Gasteiger partial charge on any atom is -0.385 e. The van der Waals surface area contributed by atoms with Crippen LogP contribution in [0.5, 0.6) is 0 Å². The van der Waals surface area contributed by atoms with Crippen LogP contribution in [0, 0.1) is 16.0 Å². The second kappa shape index (κ2) is 5.48. The van der Waals surface area contributed by atoms with Crippen molar-refractivity contribution in [3.63, 3.8) is 0 Å². The van der Waals surface area contributed by atoms with Gasteiger partial charge in [-0.25, -0.2) is 0 Å². The van der Waals surface area contributed by atoms with Gasteiger partial charge >= 0.3 is 0 Å². The Morgan fingerprint density at radius 2 is 2.06 bits per heavy atom. The SMILES string of the molecule is O=[N+]([O-])c1ccc(NCC2CC=CCC2)cc1. The molecule has 0 aliphatic heterocycles. The second-order valence-electron chi connectivity index (χ2n) is 4.34. The lowest BCUT2D eigenvalue weighted by Gasteiger charge is -2.18. The highest BCUT2D eigenvalue weighted by Crippen LogP contribution is 2.20. The zero-order chi connectivity index (χ0) is 12.1. The van der Waals surface area contributed by atoms with Crippen molar-refractivity contribution in [1.29, 1.82) is 0 Å². The van der Waals surface area contributed by atoms with Crippen molar-refractivity contribution in [3.8, 4) is 0 Å². The predicted molar refractivity (Wildman–Crippen MR) is 68.1 cm³/mol. The second-order valence-corrected chi connectivity index (χ2v) is 4.34. The lowest BCUT2D eigenvalue weighted by molar-refractivity contribution is -0.384. The number of non-ortho nitro benzene ring substituents is 1. The van der Waals surface area contributed by atoms with Gasteiger partial charge in [0.05, 0.1) is 4.92 Å². The van der Waals surface area contributed by atoms with E-state index in [2.05, 4.69) is 17.5 Å². The normalized spacial score (nSPS) is 18.9. The van der Waals surface area contributed by atoms with Crippen LogP contribution in [0.2, 0.25) is 0 Å². The smallest absolute Gasteiger partial charge is 0.269 e. The summed E-state index contributed by atoms with van der Waals surface area (Å²) in [6.45, 7) is 0.933. The van der Waals surface area contributed by atoms with Crippen molar-refractivity contribution in [3.05, 3.63) is 46.5 Å². The van der Waals surface area contributed by atoms with Crippen LogP contribution in [0.1, 0.15) is 19.3 Å². The minimum atomic E-state index is -0.379. The summed E-state index contributed by atoms with van der Waals surface area (Å²) < 4.78 is 0. The average Bonchev–Trinajstić information content (AvgIpc) is 2.38. The Kier molecular flexibility index (Phi) is 3.75. The van der Waals surface area contributed by atoms with Gasteiger partial charge < -0.3 is 5.32 Å². The van der Waals surface area contributed by atoms with Gasteiger partial charge in [-0.15, -0.1) is 0 Å². The molecule has 1 N–H and O–H groups in total. The molecule has 0 amide bonds. The third-order valence-electron chi connectivity index (χ3n) is 3.05. The number of rotatable bonds is 4. The summed E-state index contributed by atoms with van der Waals surface area (Å²) >= 11 is 0. The first kappa shape index (κ1) is 11.6. The summed E-state index contributed by atoms with van der Waals surface area (Å²) in [4.78, 5) is 10.1. The van der Waals surface area contributed by atoms with E-state index in [1.54, 1.807) is 12.1 Å². The maximum atomic E-state index is 10.5. The van der Waals surface area contributed by atoms with E-state index < -0.39 is 0 Å². The number of allylic oxidation sites excluding steroid dienone is 2. The van der Waals surface area contributed by atoms with E-state index in [1.807, 2.05) is 0 Å². The van der Waals surface area contributed by atoms with Crippen molar-refractivity contribution >= 4 is 11.4 Å². The fourth-order valence-corrected chi connectivity index (χ4v) is 2.00. The molecular formula is C13H16N2O2. The highest BCUT2D eigenvalue weighted by Gasteiger charge is 2.09. The summed E-state index contributed by atoms with van der Waals surface area (Å²) in [5, 5.41) is 13.8. The molecule has 0 spiro atoms. The molecule has 1 unspecified atom stereocenters. The molecule has 4 nitrogen and oxygen atoms in total. The topological polar surface area (TPSA) is 55.2 Å². The van der Waals surface area contributed by atoms with Crippen molar-refractivity contribution in [2.45, 2.75) is 19.3 Å². The van der Waals surface area contributed by atoms with Crippen LogP contribution in [-0.2, 0) is 0 Å². The van der Waals surface area contributed by atoms with Gasteiger partial charge in [0, 0.05) is 24.4 Å². The molecule has 0 saturated carbocycles. The van der Waals surface area contributed by atoms with Gasteiger partial charge in [-0.3, -0.25) is 10.1 Å². The number of benzene rings is 1. The minimum absolute atomic E-state index is 0.135. The van der Waals surface area contributed by atoms with Gasteiger partial charge in [-0.05, 0) is 37.3 Å². The Hall–Kier alpha value is -1.84. The molecule has 1 aromatic carbocycles. The molecule has 1 aromatic rings. The molecule has 1 aliphatic rings. The first-order valence-electron chi connectivity index (χ1n) is 5.89. The number of hydrogen-bond acceptors (Lipinski definition) is 3. The third-order valence-corrected chi connectivity index (χ3v) is 3.05. The Balaban J connectivity index is 1.86. The highest BCUT2D eigenvalue weighted by atomic mass is 16.6. The third kappa shape index (κ3) is 3.31. The fourth-order valence-electron chi connectivity index (χ4n) is 2.00. The molecule has 0 radical (unpaired) electrons. The zero-order valence-corrected chi connectivity index (χ0v) is 9.63. The molecule has 90 valence electrons. The van der Waals surface area contributed by atoms with Crippen molar-refractivity contribution < 1.29 is 4.92 Å². The molecule has 1 aliphatic carbocycles.